The van der Waals surface area contributed by atoms with Crippen LogP contribution in [0.3, 0.4) is 0 Å². The Morgan fingerprint density at radius 3 is 2.87 bits per heavy atom. The zero-order chi connectivity index (χ0) is 11.0. The third-order valence-corrected chi connectivity index (χ3v) is 2.96. The van der Waals surface area contributed by atoms with Crippen LogP contribution < -0.4 is 5.32 Å². The fraction of sp³-hybridized carbons (Fsp3) is 1.00. The van der Waals surface area contributed by atoms with Crippen LogP contribution in [0.5, 0.6) is 0 Å². The predicted octanol–water partition coefficient (Wildman–Crippen LogP) is 0.544. The summed E-state index contributed by atoms with van der Waals surface area (Å²) in [6.45, 7) is 3.66. The van der Waals surface area contributed by atoms with E-state index in [4.69, 9.17) is 14.6 Å². The van der Waals surface area contributed by atoms with E-state index in [9.17, 15) is 0 Å². The fourth-order valence-corrected chi connectivity index (χ4v) is 1.82. The molecule has 1 heterocycles. The van der Waals surface area contributed by atoms with Crippen molar-refractivity contribution in [2.75, 3.05) is 40.0 Å². The lowest BCUT2D eigenvalue weighted by Gasteiger charge is -2.26. The van der Waals surface area contributed by atoms with E-state index in [0.29, 0.717) is 13.2 Å². The van der Waals surface area contributed by atoms with Crippen LogP contribution in [0.1, 0.15) is 25.7 Å². The molecule has 1 unspecified atom stereocenters. The standard InChI is InChI=1S/C11H23NO3/c1-14-11(5-8-15-10-11)9-12-6-3-2-4-7-13/h12-13H,2-10H2,1H3. The monoisotopic (exact) mass is 217 g/mol. The van der Waals surface area contributed by atoms with Crippen molar-refractivity contribution < 1.29 is 14.6 Å². The lowest BCUT2D eigenvalue weighted by Crippen LogP contribution is -2.43. The van der Waals surface area contributed by atoms with Crippen molar-refractivity contribution in [2.45, 2.75) is 31.3 Å². The Morgan fingerprint density at radius 1 is 1.40 bits per heavy atom. The molecule has 0 bridgehead atoms. The summed E-state index contributed by atoms with van der Waals surface area (Å²) in [6.07, 6.45) is 4.08. The van der Waals surface area contributed by atoms with Gasteiger partial charge in [0.2, 0.25) is 0 Å². The van der Waals surface area contributed by atoms with Crippen LogP contribution in [0, 0.1) is 0 Å². The van der Waals surface area contributed by atoms with E-state index in [1.165, 1.54) is 0 Å². The molecule has 0 spiro atoms. The van der Waals surface area contributed by atoms with E-state index < -0.39 is 0 Å². The second-order valence-corrected chi connectivity index (χ2v) is 4.15. The highest BCUT2D eigenvalue weighted by Gasteiger charge is 2.34. The zero-order valence-corrected chi connectivity index (χ0v) is 9.63. The number of unbranched alkanes of at least 4 members (excludes halogenated alkanes) is 2. The van der Waals surface area contributed by atoms with Crippen LogP contribution in [0.15, 0.2) is 0 Å². The minimum Gasteiger partial charge on any atom is -0.396 e. The van der Waals surface area contributed by atoms with E-state index in [1.54, 1.807) is 7.11 Å². The van der Waals surface area contributed by atoms with Crippen LogP contribution in [-0.2, 0) is 9.47 Å². The molecule has 1 fully saturated rings. The summed E-state index contributed by atoms with van der Waals surface area (Å²) in [4.78, 5) is 0. The summed E-state index contributed by atoms with van der Waals surface area (Å²) < 4.78 is 10.8. The minimum absolute atomic E-state index is 0.100. The summed E-state index contributed by atoms with van der Waals surface area (Å²) in [7, 11) is 1.75. The third kappa shape index (κ3) is 4.47. The Hall–Kier alpha value is -0.160. The van der Waals surface area contributed by atoms with Gasteiger partial charge in [-0.2, -0.15) is 0 Å². The van der Waals surface area contributed by atoms with Crippen molar-refractivity contribution in [3.63, 3.8) is 0 Å². The molecule has 0 aromatic heterocycles. The number of hydrogen-bond donors (Lipinski definition) is 2. The fourth-order valence-electron chi connectivity index (χ4n) is 1.82. The highest BCUT2D eigenvalue weighted by molar-refractivity contribution is 4.86. The topological polar surface area (TPSA) is 50.7 Å². The first kappa shape index (κ1) is 12.9. The van der Waals surface area contributed by atoms with Crippen molar-refractivity contribution in [2.24, 2.45) is 0 Å². The van der Waals surface area contributed by atoms with Crippen LogP contribution in [-0.4, -0.2) is 50.7 Å². The van der Waals surface area contributed by atoms with Gasteiger partial charge in [-0.15, -0.1) is 0 Å². The Bertz CT molecular complexity index is 158. The molecule has 0 saturated carbocycles. The van der Waals surface area contributed by atoms with Gasteiger partial charge in [-0.1, -0.05) is 0 Å². The maximum atomic E-state index is 8.62. The highest BCUT2D eigenvalue weighted by Crippen LogP contribution is 2.21. The van der Waals surface area contributed by atoms with Gasteiger partial charge in [0.15, 0.2) is 0 Å². The molecule has 1 aliphatic heterocycles. The molecular weight excluding hydrogens is 194 g/mol. The molecule has 0 aromatic rings. The Morgan fingerprint density at radius 2 is 2.27 bits per heavy atom. The van der Waals surface area contributed by atoms with Gasteiger partial charge < -0.3 is 19.9 Å². The summed E-state index contributed by atoms with van der Waals surface area (Å²) in [5.74, 6) is 0. The number of ether oxygens (including phenoxy) is 2. The van der Waals surface area contributed by atoms with Crippen molar-refractivity contribution in [3.05, 3.63) is 0 Å². The van der Waals surface area contributed by atoms with Gasteiger partial charge in [-0.3, -0.25) is 0 Å². The largest absolute Gasteiger partial charge is 0.396 e. The molecular formula is C11H23NO3. The lowest BCUT2D eigenvalue weighted by molar-refractivity contribution is -0.0156. The van der Waals surface area contributed by atoms with Gasteiger partial charge >= 0.3 is 0 Å². The van der Waals surface area contributed by atoms with Crippen molar-refractivity contribution in [3.8, 4) is 0 Å². The molecule has 2 N–H and O–H groups in total. The van der Waals surface area contributed by atoms with E-state index in [0.717, 1.165) is 45.4 Å². The first-order chi connectivity index (χ1) is 7.33. The molecule has 15 heavy (non-hydrogen) atoms. The number of rotatable bonds is 8. The maximum Gasteiger partial charge on any atom is 0.106 e. The predicted molar refractivity (Wildman–Crippen MR) is 59.0 cm³/mol. The first-order valence-electron chi connectivity index (χ1n) is 5.77. The van der Waals surface area contributed by atoms with E-state index in [2.05, 4.69) is 5.32 Å². The van der Waals surface area contributed by atoms with Crippen LogP contribution in [0.2, 0.25) is 0 Å². The molecule has 0 aromatic carbocycles. The van der Waals surface area contributed by atoms with Crippen molar-refractivity contribution in [1.29, 1.82) is 0 Å². The Kier molecular flexibility index (Phi) is 6.17. The van der Waals surface area contributed by atoms with E-state index >= 15 is 0 Å². The quantitative estimate of drug-likeness (QED) is 0.583. The Balaban J connectivity index is 2.02. The van der Waals surface area contributed by atoms with Crippen molar-refractivity contribution in [1.82, 2.24) is 5.32 Å². The minimum atomic E-state index is -0.100. The summed E-state index contributed by atoms with van der Waals surface area (Å²) in [6, 6.07) is 0. The Labute approximate surface area is 92.0 Å². The van der Waals surface area contributed by atoms with Crippen LogP contribution >= 0.6 is 0 Å². The lowest BCUT2D eigenvalue weighted by atomic mass is 10.0. The van der Waals surface area contributed by atoms with Gasteiger partial charge in [0, 0.05) is 33.3 Å². The van der Waals surface area contributed by atoms with Crippen molar-refractivity contribution >= 4 is 0 Å². The SMILES string of the molecule is COC1(CNCCCCCO)CCOC1. The molecule has 0 radical (unpaired) electrons. The van der Waals surface area contributed by atoms with Gasteiger partial charge in [0.25, 0.3) is 0 Å². The zero-order valence-electron chi connectivity index (χ0n) is 9.63. The van der Waals surface area contributed by atoms with Gasteiger partial charge in [-0.25, -0.2) is 0 Å². The number of hydrogen-bond acceptors (Lipinski definition) is 4. The smallest absolute Gasteiger partial charge is 0.106 e. The second-order valence-electron chi connectivity index (χ2n) is 4.15. The van der Waals surface area contributed by atoms with Crippen LogP contribution in [0.4, 0.5) is 0 Å². The molecule has 0 aliphatic carbocycles. The number of aliphatic hydroxyl groups is 1. The third-order valence-electron chi connectivity index (χ3n) is 2.96. The van der Waals surface area contributed by atoms with Gasteiger partial charge in [0.1, 0.15) is 5.60 Å². The maximum absolute atomic E-state index is 8.62. The molecule has 4 heteroatoms. The second kappa shape index (κ2) is 7.17. The number of nitrogens with one attached hydrogen (secondary N) is 1. The van der Waals surface area contributed by atoms with Gasteiger partial charge in [-0.05, 0) is 25.8 Å². The number of methoxy groups -OCH3 is 1. The summed E-state index contributed by atoms with van der Waals surface area (Å²) >= 11 is 0. The average molecular weight is 217 g/mol. The average Bonchev–Trinajstić information content (AvgIpc) is 2.73. The molecule has 4 nitrogen and oxygen atoms in total. The number of aliphatic hydroxyl groups excluding tert-OH is 1. The first-order valence-corrected chi connectivity index (χ1v) is 5.77. The van der Waals surface area contributed by atoms with E-state index in [-0.39, 0.29) is 5.60 Å². The molecule has 1 atom stereocenters. The molecule has 0 amide bonds. The molecule has 1 rings (SSSR count). The molecule has 1 saturated heterocycles. The summed E-state index contributed by atoms with van der Waals surface area (Å²) in [5, 5.41) is 12.0. The van der Waals surface area contributed by atoms with E-state index in [1.807, 2.05) is 0 Å². The van der Waals surface area contributed by atoms with Gasteiger partial charge in [0.05, 0.1) is 6.61 Å². The highest BCUT2D eigenvalue weighted by atomic mass is 16.5. The normalized spacial score (nSPS) is 26.0. The molecule has 90 valence electrons. The summed E-state index contributed by atoms with van der Waals surface area (Å²) in [5.41, 5.74) is -0.100. The van der Waals surface area contributed by atoms with Crippen LogP contribution in [0.25, 0.3) is 0 Å². The molecule has 1 aliphatic rings.